The van der Waals surface area contributed by atoms with Crippen molar-refractivity contribution in [3.05, 3.63) is 78.2 Å². The quantitative estimate of drug-likeness (QED) is 0.623. The number of benzene rings is 2. The number of aryl methyl sites for hydroxylation is 1. The maximum absolute atomic E-state index is 4.61. The zero-order chi connectivity index (χ0) is 16.4. The SMILES string of the molecule is Cc1ccccc1CNc1nccc(-n2cnc3ccccc32)n1. The molecule has 1 N–H and O–H groups in total. The number of fused-ring (bicyclic) bond motifs is 1. The molecule has 0 amide bonds. The lowest BCUT2D eigenvalue weighted by Crippen LogP contribution is -2.06. The van der Waals surface area contributed by atoms with E-state index in [1.165, 1.54) is 11.1 Å². The van der Waals surface area contributed by atoms with Gasteiger partial charge in [0.1, 0.15) is 12.1 Å². The molecule has 4 aromatic rings. The van der Waals surface area contributed by atoms with Gasteiger partial charge in [0.25, 0.3) is 0 Å². The predicted octanol–water partition coefficient (Wildman–Crippen LogP) is 3.74. The standard InChI is InChI=1S/C19H17N5/c1-14-6-2-3-7-15(14)12-21-19-20-11-10-18(23-19)24-13-22-16-8-4-5-9-17(16)24/h2-11,13H,12H2,1H3,(H,20,21,23). The number of nitrogens with zero attached hydrogens (tertiary/aromatic N) is 4. The molecule has 0 saturated carbocycles. The van der Waals surface area contributed by atoms with Crippen molar-refractivity contribution in [2.75, 3.05) is 5.32 Å². The van der Waals surface area contributed by atoms with Crippen molar-refractivity contribution in [3.63, 3.8) is 0 Å². The Bertz CT molecular complexity index is 990. The minimum atomic E-state index is 0.605. The first-order valence-electron chi connectivity index (χ1n) is 7.85. The molecule has 4 rings (SSSR count). The van der Waals surface area contributed by atoms with E-state index >= 15 is 0 Å². The van der Waals surface area contributed by atoms with Gasteiger partial charge >= 0.3 is 0 Å². The molecule has 2 aromatic carbocycles. The van der Waals surface area contributed by atoms with Crippen molar-refractivity contribution < 1.29 is 0 Å². The highest BCUT2D eigenvalue weighted by Gasteiger charge is 2.06. The van der Waals surface area contributed by atoms with Crippen LogP contribution in [0.5, 0.6) is 0 Å². The Balaban J connectivity index is 1.61. The highest BCUT2D eigenvalue weighted by molar-refractivity contribution is 5.76. The molecule has 0 unspecified atom stereocenters. The summed E-state index contributed by atoms with van der Waals surface area (Å²) in [4.78, 5) is 13.3. The van der Waals surface area contributed by atoms with E-state index in [9.17, 15) is 0 Å². The van der Waals surface area contributed by atoms with Crippen molar-refractivity contribution in [2.24, 2.45) is 0 Å². The first-order valence-corrected chi connectivity index (χ1v) is 7.85. The van der Waals surface area contributed by atoms with Gasteiger partial charge in [0.2, 0.25) is 5.95 Å². The van der Waals surface area contributed by atoms with Crippen LogP contribution in [0.4, 0.5) is 5.95 Å². The average Bonchev–Trinajstić information content (AvgIpc) is 3.05. The second-order valence-electron chi connectivity index (χ2n) is 5.62. The smallest absolute Gasteiger partial charge is 0.224 e. The lowest BCUT2D eigenvalue weighted by molar-refractivity contribution is 0.974. The van der Waals surface area contributed by atoms with E-state index < -0.39 is 0 Å². The molecule has 24 heavy (non-hydrogen) atoms. The molecular weight excluding hydrogens is 298 g/mol. The minimum absolute atomic E-state index is 0.605. The van der Waals surface area contributed by atoms with Crippen molar-refractivity contribution in [1.82, 2.24) is 19.5 Å². The molecule has 118 valence electrons. The van der Waals surface area contributed by atoms with Crippen LogP contribution in [0.3, 0.4) is 0 Å². The van der Waals surface area contributed by atoms with Gasteiger partial charge in [-0.25, -0.2) is 9.97 Å². The summed E-state index contributed by atoms with van der Waals surface area (Å²) in [5.74, 6) is 1.40. The van der Waals surface area contributed by atoms with Gasteiger partial charge in [-0.15, -0.1) is 0 Å². The molecule has 0 radical (unpaired) electrons. The molecule has 0 bridgehead atoms. The summed E-state index contributed by atoms with van der Waals surface area (Å²) in [5.41, 5.74) is 4.47. The third-order valence-electron chi connectivity index (χ3n) is 4.04. The summed E-state index contributed by atoms with van der Waals surface area (Å²) in [7, 11) is 0. The largest absolute Gasteiger partial charge is 0.350 e. The zero-order valence-electron chi connectivity index (χ0n) is 13.3. The summed E-state index contributed by atoms with van der Waals surface area (Å²) >= 11 is 0. The van der Waals surface area contributed by atoms with E-state index in [-0.39, 0.29) is 0 Å². The molecule has 0 aliphatic heterocycles. The van der Waals surface area contributed by atoms with Gasteiger partial charge in [0.15, 0.2) is 0 Å². The summed E-state index contributed by atoms with van der Waals surface area (Å²) in [6, 6.07) is 18.2. The number of rotatable bonds is 4. The third kappa shape index (κ3) is 2.72. The fourth-order valence-electron chi connectivity index (χ4n) is 2.69. The lowest BCUT2D eigenvalue weighted by atomic mass is 10.1. The van der Waals surface area contributed by atoms with E-state index in [1.54, 1.807) is 12.5 Å². The maximum atomic E-state index is 4.61. The molecule has 0 saturated heterocycles. The van der Waals surface area contributed by atoms with Crippen molar-refractivity contribution in [3.8, 4) is 5.82 Å². The van der Waals surface area contributed by atoms with Gasteiger partial charge in [-0.2, -0.15) is 4.98 Å². The van der Waals surface area contributed by atoms with E-state index in [2.05, 4.69) is 39.3 Å². The number of para-hydroxylation sites is 2. The van der Waals surface area contributed by atoms with Crippen LogP contribution < -0.4 is 5.32 Å². The van der Waals surface area contributed by atoms with Crippen LogP contribution in [-0.2, 0) is 6.54 Å². The van der Waals surface area contributed by atoms with Crippen LogP contribution in [0, 0.1) is 6.92 Å². The minimum Gasteiger partial charge on any atom is -0.350 e. The molecule has 5 nitrogen and oxygen atoms in total. The number of imidazole rings is 1. The number of hydrogen-bond acceptors (Lipinski definition) is 4. The van der Waals surface area contributed by atoms with Crippen molar-refractivity contribution in [1.29, 1.82) is 0 Å². The number of anilines is 1. The molecule has 0 aliphatic rings. The first kappa shape index (κ1) is 14.4. The van der Waals surface area contributed by atoms with Crippen LogP contribution in [-0.4, -0.2) is 19.5 Å². The molecule has 5 heteroatoms. The fraction of sp³-hybridized carbons (Fsp3) is 0.105. The van der Waals surface area contributed by atoms with Crippen LogP contribution in [0.2, 0.25) is 0 Å². The monoisotopic (exact) mass is 315 g/mol. The van der Waals surface area contributed by atoms with E-state index in [1.807, 2.05) is 47.0 Å². The van der Waals surface area contributed by atoms with E-state index in [0.29, 0.717) is 12.5 Å². The predicted molar refractivity (Wildman–Crippen MR) is 95.2 cm³/mol. The molecule has 0 fully saturated rings. The van der Waals surface area contributed by atoms with Gasteiger partial charge in [0, 0.05) is 12.7 Å². The molecule has 2 heterocycles. The molecule has 0 atom stereocenters. The van der Waals surface area contributed by atoms with Gasteiger partial charge in [0.05, 0.1) is 11.0 Å². The zero-order valence-corrected chi connectivity index (χ0v) is 13.3. The fourth-order valence-corrected chi connectivity index (χ4v) is 2.69. The first-order chi connectivity index (χ1) is 11.8. The molecule has 0 aliphatic carbocycles. The van der Waals surface area contributed by atoms with Gasteiger partial charge in [-0.3, -0.25) is 4.57 Å². The molecule has 0 spiro atoms. The second-order valence-corrected chi connectivity index (χ2v) is 5.62. The van der Waals surface area contributed by atoms with Gasteiger partial charge < -0.3 is 5.32 Å². The Hall–Kier alpha value is -3.21. The van der Waals surface area contributed by atoms with Crippen LogP contribution >= 0.6 is 0 Å². The normalized spacial score (nSPS) is 10.9. The Kier molecular flexibility index (Phi) is 3.67. The van der Waals surface area contributed by atoms with E-state index in [4.69, 9.17) is 0 Å². The highest BCUT2D eigenvalue weighted by atomic mass is 15.2. The van der Waals surface area contributed by atoms with E-state index in [0.717, 1.165) is 16.9 Å². The Morgan fingerprint density at radius 2 is 1.79 bits per heavy atom. The second kappa shape index (κ2) is 6.12. The molecule has 2 aromatic heterocycles. The summed E-state index contributed by atoms with van der Waals surface area (Å²) in [6.07, 6.45) is 3.55. The Morgan fingerprint density at radius 3 is 2.71 bits per heavy atom. The van der Waals surface area contributed by atoms with Crippen molar-refractivity contribution in [2.45, 2.75) is 13.5 Å². The van der Waals surface area contributed by atoms with Crippen LogP contribution in [0.1, 0.15) is 11.1 Å². The number of nitrogens with one attached hydrogen (secondary N) is 1. The molecular formula is C19H17N5. The number of aromatic nitrogens is 4. The average molecular weight is 315 g/mol. The topological polar surface area (TPSA) is 55.6 Å². The van der Waals surface area contributed by atoms with Crippen LogP contribution in [0.25, 0.3) is 16.9 Å². The lowest BCUT2D eigenvalue weighted by Gasteiger charge is -2.09. The van der Waals surface area contributed by atoms with Gasteiger partial charge in [-0.05, 0) is 36.2 Å². The Morgan fingerprint density at radius 1 is 0.958 bits per heavy atom. The summed E-state index contributed by atoms with van der Waals surface area (Å²) < 4.78 is 1.97. The summed E-state index contributed by atoms with van der Waals surface area (Å²) in [6.45, 7) is 2.80. The van der Waals surface area contributed by atoms with Crippen LogP contribution in [0.15, 0.2) is 67.1 Å². The van der Waals surface area contributed by atoms with Crippen molar-refractivity contribution >= 4 is 17.0 Å². The number of hydrogen-bond donors (Lipinski definition) is 1. The Labute approximate surface area is 140 Å². The summed E-state index contributed by atoms with van der Waals surface area (Å²) in [5, 5.41) is 3.30. The van der Waals surface area contributed by atoms with Gasteiger partial charge in [-0.1, -0.05) is 36.4 Å². The maximum Gasteiger partial charge on any atom is 0.224 e. The highest BCUT2D eigenvalue weighted by Crippen LogP contribution is 2.17. The third-order valence-corrected chi connectivity index (χ3v) is 4.04.